The Morgan fingerprint density at radius 1 is 1.53 bits per heavy atom. The van der Waals surface area contributed by atoms with Crippen LogP contribution in [0.2, 0.25) is 0 Å². The average Bonchev–Trinajstić information content (AvgIpc) is 2.74. The largest absolute Gasteiger partial charge is 0.314 e. The highest BCUT2D eigenvalue weighted by molar-refractivity contribution is 5.01. The zero-order valence-corrected chi connectivity index (χ0v) is 10.7. The Morgan fingerprint density at radius 2 is 2.35 bits per heavy atom. The molecule has 17 heavy (non-hydrogen) atoms. The van der Waals surface area contributed by atoms with Crippen LogP contribution >= 0.6 is 0 Å². The minimum atomic E-state index is 0.0781. The van der Waals surface area contributed by atoms with E-state index in [0.29, 0.717) is 6.04 Å². The van der Waals surface area contributed by atoms with Crippen molar-refractivity contribution in [2.45, 2.75) is 52.1 Å². The van der Waals surface area contributed by atoms with Crippen LogP contribution in [0.25, 0.3) is 0 Å². The van der Waals surface area contributed by atoms with Crippen molar-refractivity contribution >= 4 is 0 Å². The summed E-state index contributed by atoms with van der Waals surface area (Å²) >= 11 is 0. The number of nitrogens with zero attached hydrogens (tertiary/aromatic N) is 2. The van der Waals surface area contributed by atoms with Crippen LogP contribution in [-0.2, 0) is 6.54 Å². The maximum atomic E-state index is 11.8. The van der Waals surface area contributed by atoms with Crippen molar-refractivity contribution in [3.63, 3.8) is 0 Å². The average molecular weight is 235 g/mol. The molecule has 1 N–H and O–H groups in total. The molecule has 2 rings (SSSR count). The first-order chi connectivity index (χ1) is 8.16. The van der Waals surface area contributed by atoms with Crippen LogP contribution in [0.5, 0.6) is 0 Å². The predicted octanol–water partition coefficient (Wildman–Crippen LogP) is 1.39. The molecule has 0 saturated carbocycles. The van der Waals surface area contributed by atoms with Crippen molar-refractivity contribution in [2.24, 2.45) is 0 Å². The number of aryl methyl sites for hydroxylation is 2. The fourth-order valence-corrected chi connectivity index (χ4v) is 2.53. The molecule has 0 radical (unpaired) electrons. The summed E-state index contributed by atoms with van der Waals surface area (Å²) in [5.74, 6) is 0.828. The van der Waals surface area contributed by atoms with Gasteiger partial charge in [0.15, 0.2) is 0 Å². The van der Waals surface area contributed by atoms with Gasteiger partial charge in [0.05, 0.1) is 0 Å². The van der Waals surface area contributed by atoms with Crippen LogP contribution < -0.4 is 10.9 Å². The van der Waals surface area contributed by atoms with Crippen LogP contribution in [0.15, 0.2) is 10.9 Å². The Hall–Kier alpha value is -1.16. The van der Waals surface area contributed by atoms with Gasteiger partial charge < -0.3 is 5.32 Å². The number of aromatic nitrogens is 2. The highest BCUT2D eigenvalue weighted by Gasteiger charge is 2.13. The summed E-state index contributed by atoms with van der Waals surface area (Å²) in [4.78, 5) is 16.1. The lowest BCUT2D eigenvalue weighted by Crippen LogP contribution is -2.26. The highest BCUT2D eigenvalue weighted by Crippen LogP contribution is 2.11. The topological polar surface area (TPSA) is 46.9 Å². The Kier molecular flexibility index (Phi) is 3.94. The standard InChI is InChI=1S/C13H21N3O/c1-10-9-13(17)16(11(2)15-10)8-4-6-12-5-3-7-14-12/h9,12,14H,3-8H2,1-2H3. The second-order valence-corrected chi connectivity index (χ2v) is 4.87. The van der Waals surface area contributed by atoms with Crippen LogP contribution in [-0.4, -0.2) is 22.1 Å². The predicted molar refractivity (Wildman–Crippen MR) is 68.2 cm³/mol. The van der Waals surface area contributed by atoms with E-state index in [-0.39, 0.29) is 5.56 Å². The van der Waals surface area contributed by atoms with Gasteiger partial charge in [-0.15, -0.1) is 0 Å². The van der Waals surface area contributed by atoms with Gasteiger partial charge in [0.2, 0.25) is 0 Å². The summed E-state index contributed by atoms with van der Waals surface area (Å²) in [6, 6.07) is 2.27. The summed E-state index contributed by atoms with van der Waals surface area (Å²) in [5, 5.41) is 3.48. The lowest BCUT2D eigenvalue weighted by Gasteiger charge is -2.12. The molecule has 1 aromatic heterocycles. The molecule has 1 saturated heterocycles. The molecule has 1 aliphatic heterocycles. The third kappa shape index (κ3) is 3.16. The maximum Gasteiger partial charge on any atom is 0.253 e. The normalized spacial score (nSPS) is 19.8. The monoisotopic (exact) mass is 235 g/mol. The van der Waals surface area contributed by atoms with Gasteiger partial charge in [0.25, 0.3) is 5.56 Å². The van der Waals surface area contributed by atoms with E-state index in [4.69, 9.17) is 0 Å². The summed E-state index contributed by atoms with van der Waals surface area (Å²) in [6.07, 6.45) is 4.76. The Labute approximate surface area is 102 Å². The van der Waals surface area contributed by atoms with Gasteiger partial charge in [-0.05, 0) is 46.1 Å². The van der Waals surface area contributed by atoms with Crippen LogP contribution in [0.1, 0.15) is 37.2 Å². The second kappa shape index (κ2) is 5.45. The summed E-state index contributed by atoms with van der Waals surface area (Å²) in [7, 11) is 0. The van der Waals surface area contributed by atoms with E-state index < -0.39 is 0 Å². The second-order valence-electron chi connectivity index (χ2n) is 4.87. The first-order valence-electron chi connectivity index (χ1n) is 6.45. The van der Waals surface area contributed by atoms with Crippen LogP contribution in [0, 0.1) is 13.8 Å². The molecule has 0 spiro atoms. The molecule has 4 heteroatoms. The number of nitrogens with one attached hydrogen (secondary N) is 1. The molecule has 0 amide bonds. The molecular weight excluding hydrogens is 214 g/mol. The quantitative estimate of drug-likeness (QED) is 0.858. The third-order valence-corrected chi connectivity index (χ3v) is 3.42. The molecule has 94 valence electrons. The van der Waals surface area contributed by atoms with Crippen molar-refractivity contribution in [3.8, 4) is 0 Å². The molecule has 4 nitrogen and oxygen atoms in total. The highest BCUT2D eigenvalue weighted by atomic mass is 16.1. The molecule has 2 heterocycles. The molecule has 1 atom stereocenters. The summed E-state index contributed by atoms with van der Waals surface area (Å²) < 4.78 is 1.78. The molecular formula is C13H21N3O. The summed E-state index contributed by atoms with van der Waals surface area (Å²) in [5.41, 5.74) is 0.885. The molecule has 1 aromatic rings. The smallest absolute Gasteiger partial charge is 0.253 e. The van der Waals surface area contributed by atoms with E-state index in [9.17, 15) is 4.79 Å². The zero-order valence-electron chi connectivity index (χ0n) is 10.7. The lowest BCUT2D eigenvalue weighted by molar-refractivity contribution is 0.489. The van der Waals surface area contributed by atoms with Crippen LogP contribution in [0.3, 0.4) is 0 Å². The summed E-state index contributed by atoms with van der Waals surface area (Å²) in [6.45, 7) is 5.70. The molecule has 1 fully saturated rings. The Balaban J connectivity index is 1.92. The minimum Gasteiger partial charge on any atom is -0.314 e. The fraction of sp³-hybridized carbons (Fsp3) is 0.692. The Morgan fingerprint density at radius 3 is 3.00 bits per heavy atom. The zero-order chi connectivity index (χ0) is 12.3. The van der Waals surface area contributed by atoms with Crippen molar-refractivity contribution in [2.75, 3.05) is 6.54 Å². The minimum absolute atomic E-state index is 0.0781. The van der Waals surface area contributed by atoms with Gasteiger partial charge >= 0.3 is 0 Å². The lowest BCUT2D eigenvalue weighted by atomic mass is 10.1. The van der Waals surface area contributed by atoms with Gasteiger partial charge in [-0.1, -0.05) is 0 Å². The van der Waals surface area contributed by atoms with Gasteiger partial charge in [-0.2, -0.15) is 0 Å². The van der Waals surface area contributed by atoms with E-state index in [1.54, 1.807) is 10.6 Å². The van der Waals surface area contributed by atoms with Gasteiger partial charge in [-0.25, -0.2) is 4.98 Å². The first kappa shape index (κ1) is 12.3. The Bertz CT molecular complexity index is 433. The van der Waals surface area contributed by atoms with Gasteiger partial charge in [0.1, 0.15) is 5.82 Å². The number of hydrogen-bond acceptors (Lipinski definition) is 3. The van der Waals surface area contributed by atoms with Crippen molar-refractivity contribution < 1.29 is 0 Å². The van der Waals surface area contributed by atoms with Crippen molar-refractivity contribution in [1.29, 1.82) is 0 Å². The van der Waals surface area contributed by atoms with Crippen LogP contribution in [0.4, 0.5) is 0 Å². The van der Waals surface area contributed by atoms with E-state index in [0.717, 1.165) is 37.4 Å². The molecule has 0 aliphatic carbocycles. The van der Waals surface area contributed by atoms with E-state index in [1.807, 2.05) is 13.8 Å². The van der Waals surface area contributed by atoms with E-state index >= 15 is 0 Å². The van der Waals surface area contributed by atoms with Gasteiger partial charge in [0, 0.05) is 24.3 Å². The number of hydrogen-bond donors (Lipinski definition) is 1. The van der Waals surface area contributed by atoms with Gasteiger partial charge in [-0.3, -0.25) is 9.36 Å². The SMILES string of the molecule is Cc1cc(=O)n(CCCC2CCCN2)c(C)n1. The van der Waals surface area contributed by atoms with Crippen molar-refractivity contribution in [3.05, 3.63) is 27.9 Å². The molecule has 0 bridgehead atoms. The maximum absolute atomic E-state index is 11.8. The first-order valence-corrected chi connectivity index (χ1v) is 6.45. The van der Waals surface area contributed by atoms with E-state index in [1.165, 1.54) is 12.8 Å². The molecule has 1 aliphatic rings. The fourth-order valence-electron chi connectivity index (χ4n) is 2.53. The molecule has 0 aromatic carbocycles. The molecule has 1 unspecified atom stereocenters. The van der Waals surface area contributed by atoms with Crippen molar-refractivity contribution in [1.82, 2.24) is 14.9 Å². The number of rotatable bonds is 4. The van der Waals surface area contributed by atoms with E-state index in [2.05, 4.69) is 10.3 Å². The third-order valence-electron chi connectivity index (χ3n) is 3.42.